The lowest BCUT2D eigenvalue weighted by atomic mass is 9.94. The van der Waals surface area contributed by atoms with Gasteiger partial charge in [-0.2, -0.15) is 0 Å². The summed E-state index contributed by atoms with van der Waals surface area (Å²) in [7, 11) is 0. The minimum atomic E-state index is -1.19. The topological polar surface area (TPSA) is 134 Å². The van der Waals surface area contributed by atoms with Crippen molar-refractivity contribution >= 4 is 17.5 Å². The molecule has 0 radical (unpaired) electrons. The van der Waals surface area contributed by atoms with E-state index in [0.29, 0.717) is 19.5 Å². The van der Waals surface area contributed by atoms with Gasteiger partial charge in [0, 0.05) is 25.7 Å². The van der Waals surface area contributed by atoms with Crippen molar-refractivity contribution < 1.29 is 24.4 Å². The van der Waals surface area contributed by atoms with E-state index >= 15 is 0 Å². The van der Waals surface area contributed by atoms with Crippen molar-refractivity contribution in [3.05, 3.63) is 106 Å². The number of hydrogen-bond acceptors (Lipinski definition) is 7. The average Bonchev–Trinajstić information content (AvgIpc) is 2.99. The lowest BCUT2D eigenvalue weighted by molar-refractivity contribution is -0.386. The second-order valence-corrected chi connectivity index (χ2v) is 12.1. The summed E-state index contributed by atoms with van der Waals surface area (Å²) < 4.78 is 6.46. The van der Waals surface area contributed by atoms with Gasteiger partial charge in [0.1, 0.15) is 18.2 Å². The van der Waals surface area contributed by atoms with Crippen molar-refractivity contribution in [1.29, 1.82) is 0 Å². The minimum absolute atomic E-state index is 0.00153. The molecule has 10 nitrogen and oxygen atoms in total. The first-order valence-corrected chi connectivity index (χ1v) is 15.1. The van der Waals surface area contributed by atoms with Gasteiger partial charge < -0.3 is 20.5 Å². The van der Waals surface area contributed by atoms with Crippen LogP contribution in [0.3, 0.4) is 0 Å². The Kier molecular flexibility index (Phi) is 11.1. The van der Waals surface area contributed by atoms with Crippen LogP contribution in [0.1, 0.15) is 56.9 Å². The van der Waals surface area contributed by atoms with E-state index in [9.17, 15) is 24.8 Å². The van der Waals surface area contributed by atoms with Gasteiger partial charge >= 0.3 is 5.69 Å². The molecular weight excluding hydrogens is 560 g/mol. The summed E-state index contributed by atoms with van der Waals surface area (Å²) in [4.78, 5) is 41.5. The molecule has 3 N–H and O–H groups in total. The summed E-state index contributed by atoms with van der Waals surface area (Å²) in [6.45, 7) is 8.33. The molecule has 2 heterocycles. The molecule has 44 heavy (non-hydrogen) atoms. The van der Waals surface area contributed by atoms with E-state index in [0.717, 1.165) is 11.1 Å². The maximum absolute atomic E-state index is 14.5. The summed E-state index contributed by atoms with van der Waals surface area (Å²) in [5, 5.41) is 28.7. The molecule has 2 amide bonds. The van der Waals surface area contributed by atoms with Crippen molar-refractivity contribution in [2.75, 3.05) is 6.54 Å². The number of nitro groups is 1. The van der Waals surface area contributed by atoms with Gasteiger partial charge in [0.05, 0.1) is 11.0 Å². The highest BCUT2D eigenvalue weighted by molar-refractivity contribution is 5.90. The van der Waals surface area contributed by atoms with Crippen molar-refractivity contribution in [1.82, 2.24) is 15.5 Å². The molecule has 0 fully saturated rings. The molecule has 10 heteroatoms. The third-order valence-electron chi connectivity index (χ3n) is 7.72. The van der Waals surface area contributed by atoms with Crippen LogP contribution in [-0.2, 0) is 22.7 Å². The van der Waals surface area contributed by atoms with Crippen LogP contribution in [0.5, 0.6) is 5.75 Å². The second kappa shape index (κ2) is 14.9. The van der Waals surface area contributed by atoms with Gasteiger partial charge in [0.15, 0.2) is 5.75 Å². The number of carbonyl (C=O) groups is 2. The highest BCUT2D eigenvalue weighted by atomic mass is 16.6. The molecule has 0 spiro atoms. The fraction of sp³-hybridized carbons (Fsp3) is 0.412. The standard InChI is InChI=1S/C34H42N4O6/c1-22(2)17-27-33(40)35-19-29(39)26-15-16-30(28(18-26)38(42)43)44-32(23(3)4)31(34(41)36-27)37(20-24-11-7-5-8-12-24)21-25-13-9-6-10-14-25/h5-16,18,22-23,27,29,31-32,39H,17,19-21H2,1-4H3,(H,35,40)(H,36,41)/t27-,29-,31-,32-/m0/s1. The number of amides is 2. The normalized spacial score (nSPS) is 21.1. The summed E-state index contributed by atoms with van der Waals surface area (Å²) in [5.74, 6) is -1.04. The van der Waals surface area contributed by atoms with Gasteiger partial charge in [-0.3, -0.25) is 24.6 Å². The first-order chi connectivity index (χ1) is 21.0. The number of ether oxygens (including phenoxy) is 1. The van der Waals surface area contributed by atoms with Crippen LogP contribution in [0.25, 0.3) is 0 Å². The largest absolute Gasteiger partial charge is 0.481 e. The molecule has 2 bridgehead atoms. The van der Waals surface area contributed by atoms with Crippen molar-refractivity contribution in [2.24, 2.45) is 11.8 Å². The molecule has 234 valence electrons. The van der Waals surface area contributed by atoms with Crippen molar-refractivity contribution in [3.8, 4) is 5.75 Å². The van der Waals surface area contributed by atoms with E-state index in [-0.39, 0.29) is 35.4 Å². The number of hydrogen-bond donors (Lipinski definition) is 3. The predicted molar refractivity (Wildman–Crippen MR) is 168 cm³/mol. The Morgan fingerprint density at radius 3 is 2.05 bits per heavy atom. The van der Waals surface area contributed by atoms with Crippen LogP contribution in [0.15, 0.2) is 78.9 Å². The average molecular weight is 603 g/mol. The van der Waals surface area contributed by atoms with E-state index in [2.05, 4.69) is 10.6 Å². The van der Waals surface area contributed by atoms with E-state index in [1.54, 1.807) is 6.07 Å². The SMILES string of the molecule is CC(C)C[C@@H]1NC(=O)[C@@H](N(Cc2ccccc2)Cc2ccccc2)[C@H](C(C)C)Oc2ccc(cc2[N+](=O)[O-])[C@@H](O)CNC1=O. The Morgan fingerprint density at radius 1 is 0.932 bits per heavy atom. The molecular formula is C34H42N4O6. The number of rotatable bonds is 9. The van der Waals surface area contributed by atoms with E-state index in [4.69, 9.17) is 4.74 Å². The lowest BCUT2D eigenvalue weighted by Crippen LogP contribution is -2.59. The highest BCUT2D eigenvalue weighted by Crippen LogP contribution is 2.34. The zero-order chi connectivity index (χ0) is 31.8. The van der Waals surface area contributed by atoms with Gasteiger partial charge in [-0.15, -0.1) is 0 Å². The minimum Gasteiger partial charge on any atom is -0.481 e. The summed E-state index contributed by atoms with van der Waals surface area (Å²) in [6, 6.07) is 22.0. The molecule has 5 rings (SSSR count). The van der Waals surface area contributed by atoms with Gasteiger partial charge in [0.25, 0.3) is 0 Å². The number of nitrogens with zero attached hydrogens (tertiary/aromatic N) is 2. The number of carbonyl (C=O) groups excluding carboxylic acids is 2. The molecule has 3 aromatic carbocycles. The van der Waals surface area contributed by atoms with E-state index < -0.39 is 41.0 Å². The number of aliphatic hydroxyl groups is 1. The Labute approximate surface area is 258 Å². The van der Waals surface area contributed by atoms with Gasteiger partial charge in [-0.05, 0) is 41.0 Å². The highest BCUT2D eigenvalue weighted by Gasteiger charge is 2.40. The number of nitro benzene ring substituents is 1. The fourth-order valence-electron chi connectivity index (χ4n) is 5.51. The number of benzene rings is 3. The molecule has 3 aromatic rings. The maximum Gasteiger partial charge on any atom is 0.311 e. The maximum atomic E-state index is 14.5. The van der Waals surface area contributed by atoms with Gasteiger partial charge in [-0.25, -0.2) is 0 Å². The van der Waals surface area contributed by atoms with Crippen LogP contribution in [-0.4, -0.2) is 51.5 Å². The molecule has 0 aliphatic carbocycles. The van der Waals surface area contributed by atoms with Crippen LogP contribution in [0.2, 0.25) is 0 Å². The monoisotopic (exact) mass is 602 g/mol. The summed E-state index contributed by atoms with van der Waals surface area (Å²) in [5.41, 5.74) is 1.89. The number of aliphatic hydroxyl groups excluding tert-OH is 1. The second-order valence-electron chi connectivity index (χ2n) is 12.1. The van der Waals surface area contributed by atoms with E-state index in [1.807, 2.05) is 93.3 Å². The molecule has 0 saturated carbocycles. The zero-order valence-corrected chi connectivity index (χ0v) is 25.7. The Balaban J connectivity index is 1.88. The third kappa shape index (κ3) is 8.42. The molecule has 2 aliphatic heterocycles. The molecule has 2 aliphatic rings. The smallest absolute Gasteiger partial charge is 0.311 e. The molecule has 0 saturated heterocycles. The lowest BCUT2D eigenvalue weighted by Gasteiger charge is -2.39. The first kappa shape index (κ1) is 32.6. The van der Waals surface area contributed by atoms with Crippen molar-refractivity contribution in [3.63, 3.8) is 0 Å². The van der Waals surface area contributed by atoms with E-state index in [1.165, 1.54) is 12.1 Å². The van der Waals surface area contributed by atoms with Crippen LogP contribution in [0, 0.1) is 22.0 Å². The van der Waals surface area contributed by atoms with Crippen LogP contribution in [0.4, 0.5) is 5.69 Å². The Morgan fingerprint density at radius 2 is 1.52 bits per heavy atom. The van der Waals surface area contributed by atoms with Gasteiger partial charge in [0.2, 0.25) is 11.8 Å². The Bertz CT molecular complexity index is 1370. The van der Waals surface area contributed by atoms with Crippen molar-refractivity contribution in [2.45, 2.75) is 71.5 Å². The van der Waals surface area contributed by atoms with Crippen LogP contribution >= 0.6 is 0 Å². The molecule has 0 aromatic heterocycles. The number of fused-ring (bicyclic) bond motifs is 11. The summed E-state index contributed by atoms with van der Waals surface area (Å²) >= 11 is 0. The van der Waals surface area contributed by atoms with Gasteiger partial charge in [-0.1, -0.05) is 94.4 Å². The number of nitrogens with one attached hydrogen (secondary N) is 2. The Hall–Kier alpha value is -4.28. The summed E-state index contributed by atoms with van der Waals surface area (Å²) in [6.07, 6.45) is -1.65. The van der Waals surface area contributed by atoms with Crippen LogP contribution < -0.4 is 15.4 Å². The zero-order valence-electron chi connectivity index (χ0n) is 25.7. The molecule has 0 unspecified atom stereocenters. The third-order valence-corrected chi connectivity index (χ3v) is 7.72. The quantitative estimate of drug-likeness (QED) is 0.237. The first-order valence-electron chi connectivity index (χ1n) is 15.1. The fourth-order valence-corrected chi connectivity index (χ4v) is 5.51. The predicted octanol–water partition coefficient (Wildman–Crippen LogP) is 4.76. The molecule has 4 atom stereocenters.